The molecule has 0 bridgehead atoms. The predicted octanol–water partition coefficient (Wildman–Crippen LogP) is 5.12. The molecule has 0 unspecified atom stereocenters. The Morgan fingerprint density at radius 3 is 2.17 bits per heavy atom. The first-order valence-electron chi connectivity index (χ1n) is 6.69. The fourth-order valence-corrected chi connectivity index (χ4v) is 7.85. The minimum atomic E-state index is -5.65. The summed E-state index contributed by atoms with van der Waals surface area (Å²) in [4.78, 5) is 0. The van der Waals surface area contributed by atoms with Gasteiger partial charge in [0, 0.05) is 0 Å². The summed E-state index contributed by atoms with van der Waals surface area (Å²) in [5.41, 5.74) is -3.99. The molecule has 0 spiro atoms. The molecule has 0 N–H and O–H groups in total. The second-order valence-electron chi connectivity index (χ2n) is 4.69. The van der Waals surface area contributed by atoms with Gasteiger partial charge in [-0.15, -0.1) is 0 Å². The molecule has 0 amide bonds. The maximum atomic E-state index is 12.7. The van der Waals surface area contributed by atoms with E-state index >= 15 is 0 Å². The van der Waals surface area contributed by atoms with Crippen molar-refractivity contribution in [2.75, 3.05) is 0 Å². The van der Waals surface area contributed by atoms with Gasteiger partial charge in [-0.3, -0.25) is 0 Å². The molecule has 2 rings (SSSR count). The predicted molar refractivity (Wildman–Crippen MR) is 95.4 cm³/mol. The molecule has 130 valence electrons. The Hall–Kier alpha value is -1.39. The molecule has 8 heteroatoms. The second-order valence-corrected chi connectivity index (χ2v) is 10.7. The first kappa shape index (κ1) is 18.9. The zero-order valence-electron chi connectivity index (χ0n) is 12.5. The van der Waals surface area contributed by atoms with E-state index < -0.39 is 35.9 Å². The number of hydrogen-bond acceptors (Lipinski definition) is 3. The fourth-order valence-electron chi connectivity index (χ4n) is 1.70. The van der Waals surface area contributed by atoms with Crippen LogP contribution in [0.25, 0.3) is 6.08 Å². The number of alkyl halides is 3. The van der Waals surface area contributed by atoms with Crippen LogP contribution in [-0.4, -0.2) is 13.9 Å². The summed E-state index contributed by atoms with van der Waals surface area (Å²) in [6.07, 6.45) is 1.59. The van der Waals surface area contributed by atoms with Gasteiger partial charge in [-0.2, -0.15) is 0 Å². The number of halogens is 4. The average Bonchev–Trinajstić information content (AvgIpc) is 2.52. The van der Waals surface area contributed by atoms with Crippen LogP contribution < -0.4 is 0 Å². The molecule has 0 aromatic heterocycles. The molecule has 0 heterocycles. The Morgan fingerprint density at radius 2 is 1.58 bits per heavy atom. The Bertz CT molecular complexity index is 818. The summed E-state index contributed by atoms with van der Waals surface area (Å²) in [5.74, 6) is 0. The first-order valence-corrected chi connectivity index (χ1v) is 11.3. The Kier molecular flexibility index (Phi) is 6.05. The number of benzene rings is 2. The van der Waals surface area contributed by atoms with E-state index in [9.17, 15) is 21.6 Å². The topological polar surface area (TPSA) is 43.4 Å². The molecule has 0 saturated carbocycles. The molecule has 0 saturated heterocycles. The van der Waals surface area contributed by atoms with Crippen LogP contribution in [0.2, 0.25) is 0 Å². The molecule has 0 aliphatic rings. The van der Waals surface area contributed by atoms with Gasteiger partial charge in [-0.05, 0) is 0 Å². The Labute approximate surface area is 146 Å². The van der Waals surface area contributed by atoms with Crippen LogP contribution in [0.5, 0.6) is 0 Å². The number of hydrogen-bond donors (Lipinski definition) is 0. The third-order valence-corrected chi connectivity index (χ3v) is 9.70. The molecule has 0 radical (unpaired) electrons. The maximum absolute atomic E-state index is 12.7. The quantitative estimate of drug-likeness (QED) is 0.450. The van der Waals surface area contributed by atoms with Gasteiger partial charge >= 0.3 is 146 Å². The molecule has 0 aliphatic carbocycles. The van der Waals surface area contributed by atoms with Crippen LogP contribution in [0, 0.1) is 10.5 Å². The summed E-state index contributed by atoms with van der Waals surface area (Å²) < 4.78 is 67.4. The van der Waals surface area contributed by atoms with Crippen molar-refractivity contribution in [1.82, 2.24) is 0 Å². The van der Waals surface area contributed by atoms with E-state index in [1.165, 1.54) is 4.08 Å². The Morgan fingerprint density at radius 1 is 1.00 bits per heavy atom. The van der Waals surface area contributed by atoms with Crippen molar-refractivity contribution in [3.05, 3.63) is 73.4 Å². The number of aryl methyl sites for hydroxylation is 1. The van der Waals surface area contributed by atoms with E-state index in [4.69, 9.17) is 0 Å². The van der Waals surface area contributed by atoms with Crippen LogP contribution in [0.15, 0.2) is 58.7 Å². The van der Waals surface area contributed by atoms with E-state index in [1.54, 1.807) is 67.6 Å². The van der Waals surface area contributed by atoms with Gasteiger partial charge in [0.2, 0.25) is 0 Å². The van der Waals surface area contributed by atoms with Crippen molar-refractivity contribution in [3.63, 3.8) is 0 Å². The van der Waals surface area contributed by atoms with Crippen molar-refractivity contribution < 1.29 is 24.1 Å². The first-order chi connectivity index (χ1) is 11.2. The molecule has 0 fully saturated rings. The molecule has 2 aromatic rings. The molecule has 0 atom stereocenters. The van der Waals surface area contributed by atoms with E-state index in [-0.39, 0.29) is 0 Å². The van der Waals surface area contributed by atoms with Crippen LogP contribution in [0.1, 0.15) is 11.1 Å². The standard InChI is InChI=1S/C16H14F3IO3S/c1-13-7-5-6-10-15(13)20(23-24(21,22)16(17,18)19)12-11-14-8-3-2-4-9-14/h2-12H,1H3/b12-11+. The van der Waals surface area contributed by atoms with Crippen molar-refractivity contribution in [1.29, 1.82) is 0 Å². The molecule has 3 nitrogen and oxygen atoms in total. The third kappa shape index (κ3) is 4.81. The zero-order valence-corrected chi connectivity index (χ0v) is 15.5. The van der Waals surface area contributed by atoms with Crippen LogP contribution in [-0.2, 0) is 12.6 Å². The third-order valence-electron chi connectivity index (χ3n) is 2.88. The molecule has 2 aromatic carbocycles. The van der Waals surface area contributed by atoms with E-state index in [2.05, 4.69) is 2.51 Å². The van der Waals surface area contributed by atoms with Gasteiger partial charge in [0.1, 0.15) is 0 Å². The van der Waals surface area contributed by atoms with E-state index in [0.717, 1.165) is 5.56 Å². The Balaban J connectivity index is 2.39. The van der Waals surface area contributed by atoms with Gasteiger partial charge in [0.25, 0.3) is 0 Å². The second kappa shape index (κ2) is 7.66. The monoisotopic (exact) mass is 470 g/mol. The summed E-state index contributed by atoms with van der Waals surface area (Å²) in [6, 6.07) is 15.6. The van der Waals surface area contributed by atoms with Crippen molar-refractivity contribution in [2.45, 2.75) is 12.4 Å². The summed E-state index contributed by atoms with van der Waals surface area (Å²) in [5, 5.41) is 0. The van der Waals surface area contributed by atoms with Gasteiger partial charge in [-0.1, -0.05) is 0 Å². The average molecular weight is 470 g/mol. The summed E-state index contributed by atoms with van der Waals surface area (Å²) in [6.45, 7) is 1.71. The van der Waals surface area contributed by atoms with Crippen molar-refractivity contribution >= 4 is 36.4 Å². The van der Waals surface area contributed by atoms with Crippen LogP contribution in [0.4, 0.5) is 13.2 Å². The summed E-state index contributed by atoms with van der Waals surface area (Å²) >= 11 is -3.22. The number of rotatable bonds is 5. The zero-order chi connectivity index (χ0) is 17.8. The normalized spacial score (nSPS) is 13.2. The van der Waals surface area contributed by atoms with E-state index in [0.29, 0.717) is 9.13 Å². The molecular formula is C16H14F3IO3S. The fraction of sp³-hybridized carbons (Fsp3) is 0.125. The minimum absolute atomic E-state index is 0.502. The SMILES string of the molecule is Cc1ccccc1I(/C=C/c1ccccc1)OS(=O)(=O)C(F)(F)F. The molecular weight excluding hydrogens is 456 g/mol. The molecule has 24 heavy (non-hydrogen) atoms. The summed E-state index contributed by atoms with van der Waals surface area (Å²) in [7, 11) is -5.65. The van der Waals surface area contributed by atoms with Gasteiger partial charge in [-0.25, -0.2) is 0 Å². The van der Waals surface area contributed by atoms with Crippen LogP contribution in [0.3, 0.4) is 0 Å². The van der Waals surface area contributed by atoms with E-state index in [1.807, 2.05) is 0 Å². The van der Waals surface area contributed by atoms with Gasteiger partial charge in [0.15, 0.2) is 0 Å². The van der Waals surface area contributed by atoms with Crippen LogP contribution >= 0.6 is 20.2 Å². The van der Waals surface area contributed by atoms with Gasteiger partial charge in [0.05, 0.1) is 0 Å². The van der Waals surface area contributed by atoms with Gasteiger partial charge < -0.3 is 0 Å². The van der Waals surface area contributed by atoms with Crippen molar-refractivity contribution in [3.8, 4) is 0 Å². The van der Waals surface area contributed by atoms with Crippen molar-refractivity contribution in [2.24, 2.45) is 0 Å². The molecule has 0 aliphatic heterocycles.